The van der Waals surface area contributed by atoms with E-state index in [2.05, 4.69) is 44.2 Å². The summed E-state index contributed by atoms with van der Waals surface area (Å²) < 4.78 is 45.9. The minimum atomic E-state index is -4.37. The lowest BCUT2D eigenvalue weighted by Crippen LogP contribution is -2.35. The first kappa shape index (κ1) is 23.5. The van der Waals surface area contributed by atoms with E-state index < -0.39 is 11.7 Å². The average molecular weight is 501 g/mol. The van der Waals surface area contributed by atoms with Gasteiger partial charge in [-0.05, 0) is 72.3 Å². The lowest BCUT2D eigenvalue weighted by atomic mass is 10.0. The number of nitrogens with one attached hydrogen (secondary N) is 2. The molecule has 3 aromatic rings. The Kier molecular flexibility index (Phi) is 6.57. The Morgan fingerprint density at radius 1 is 1.03 bits per heavy atom. The van der Waals surface area contributed by atoms with E-state index in [1.165, 1.54) is 6.07 Å². The Bertz CT molecular complexity index is 1190. The van der Waals surface area contributed by atoms with Gasteiger partial charge < -0.3 is 15.4 Å². The minimum Gasteiger partial charge on any atom is -0.482 e. The molecule has 0 spiro atoms. The summed E-state index contributed by atoms with van der Waals surface area (Å²) in [5, 5.41) is 6.04. The molecule has 5 rings (SSSR count). The molecule has 0 atom stereocenters. The number of fused-ring (bicyclic) bond motifs is 1. The second-order valence-electron chi connectivity index (χ2n) is 8.44. The third-order valence-corrected chi connectivity index (χ3v) is 7.04. The highest BCUT2D eigenvalue weighted by Gasteiger charge is 2.30. The highest BCUT2D eigenvalue weighted by atomic mass is 32.2. The number of piperidine rings is 1. The number of benzene rings is 2. The number of anilines is 2. The van der Waals surface area contributed by atoms with Crippen LogP contribution in [-0.2, 0) is 11.0 Å². The summed E-state index contributed by atoms with van der Waals surface area (Å²) in [6, 6.07) is 16.6. The quantitative estimate of drug-likeness (QED) is 0.440. The average Bonchev–Trinajstić information content (AvgIpc) is 2.85. The molecule has 3 heterocycles. The maximum absolute atomic E-state index is 12.7. The smallest absolute Gasteiger partial charge is 0.417 e. The number of carbonyl (C=O) groups is 1. The van der Waals surface area contributed by atoms with Crippen LogP contribution in [0.5, 0.6) is 5.75 Å². The van der Waals surface area contributed by atoms with Crippen molar-refractivity contribution in [1.82, 2.24) is 9.29 Å². The topological polar surface area (TPSA) is 66.5 Å². The fourth-order valence-corrected chi connectivity index (χ4v) is 5.01. The van der Waals surface area contributed by atoms with Crippen molar-refractivity contribution in [3.63, 3.8) is 0 Å². The Balaban J connectivity index is 1.13. The van der Waals surface area contributed by atoms with Crippen molar-refractivity contribution in [3.05, 3.63) is 66.4 Å². The molecule has 182 valence electrons. The highest BCUT2D eigenvalue weighted by Crippen LogP contribution is 2.34. The van der Waals surface area contributed by atoms with E-state index in [9.17, 15) is 18.0 Å². The molecule has 1 saturated heterocycles. The third-order valence-electron chi connectivity index (χ3n) is 5.93. The normalized spacial score (nSPS) is 16.8. The summed E-state index contributed by atoms with van der Waals surface area (Å²) >= 11 is 1.70. The number of amides is 1. The fraction of sp³-hybridized carbons (Fsp3) is 0.280. The van der Waals surface area contributed by atoms with Gasteiger partial charge in [0, 0.05) is 30.2 Å². The summed E-state index contributed by atoms with van der Waals surface area (Å²) in [7, 11) is 0. The van der Waals surface area contributed by atoms with Crippen molar-refractivity contribution in [2.24, 2.45) is 0 Å². The molecule has 0 radical (unpaired) electrons. The standard InChI is InChI=1S/C25H23F3N4O2S/c26-25(27,28)18-4-8-23(29-14-18)30-19-9-11-32(12-10-19)35-20-5-1-16(2-6-20)17-3-7-21-22(13-17)34-15-24(33)31-21/h1-8,13-14,19H,9-12,15H2,(H,29,30)(H,31,33). The minimum absolute atomic E-state index is 0.0269. The monoisotopic (exact) mass is 500 g/mol. The Hall–Kier alpha value is -3.24. The van der Waals surface area contributed by atoms with E-state index in [1.54, 1.807) is 11.9 Å². The van der Waals surface area contributed by atoms with Gasteiger partial charge in [0.25, 0.3) is 5.91 Å². The molecule has 2 aromatic carbocycles. The van der Waals surface area contributed by atoms with E-state index in [1.807, 2.05) is 18.2 Å². The van der Waals surface area contributed by atoms with Crippen molar-refractivity contribution in [3.8, 4) is 16.9 Å². The van der Waals surface area contributed by atoms with E-state index >= 15 is 0 Å². The van der Waals surface area contributed by atoms with Gasteiger partial charge >= 0.3 is 6.18 Å². The van der Waals surface area contributed by atoms with E-state index in [0.29, 0.717) is 17.3 Å². The first-order valence-electron chi connectivity index (χ1n) is 11.2. The van der Waals surface area contributed by atoms with Gasteiger partial charge in [-0.25, -0.2) is 9.29 Å². The van der Waals surface area contributed by atoms with E-state index in [4.69, 9.17) is 4.74 Å². The number of carbonyl (C=O) groups excluding carboxylic acids is 1. The van der Waals surface area contributed by atoms with Crippen LogP contribution in [0, 0.1) is 0 Å². The largest absolute Gasteiger partial charge is 0.482 e. The molecule has 35 heavy (non-hydrogen) atoms. The summed E-state index contributed by atoms with van der Waals surface area (Å²) in [5.41, 5.74) is 2.02. The number of hydrogen-bond donors (Lipinski definition) is 2. The van der Waals surface area contributed by atoms with E-state index in [-0.39, 0.29) is 18.6 Å². The van der Waals surface area contributed by atoms with Gasteiger partial charge in [0.15, 0.2) is 6.61 Å². The van der Waals surface area contributed by atoms with Crippen molar-refractivity contribution in [2.75, 3.05) is 30.3 Å². The lowest BCUT2D eigenvalue weighted by Gasteiger charge is -2.31. The number of aromatic nitrogens is 1. The van der Waals surface area contributed by atoms with Gasteiger partial charge in [-0.3, -0.25) is 4.79 Å². The molecular formula is C25H23F3N4O2S. The van der Waals surface area contributed by atoms with Gasteiger partial charge in [0.05, 0.1) is 11.3 Å². The molecular weight excluding hydrogens is 477 g/mol. The van der Waals surface area contributed by atoms with Gasteiger partial charge in [-0.15, -0.1) is 0 Å². The summed E-state index contributed by atoms with van der Waals surface area (Å²) in [4.78, 5) is 16.5. The Morgan fingerprint density at radius 2 is 1.77 bits per heavy atom. The molecule has 1 fully saturated rings. The van der Waals surface area contributed by atoms with E-state index in [0.717, 1.165) is 54.2 Å². The third kappa shape index (κ3) is 5.71. The van der Waals surface area contributed by atoms with Crippen LogP contribution in [0.15, 0.2) is 65.7 Å². The zero-order chi connectivity index (χ0) is 24.4. The summed E-state index contributed by atoms with van der Waals surface area (Å²) in [5.74, 6) is 0.987. The number of halogens is 3. The first-order chi connectivity index (χ1) is 16.8. The Morgan fingerprint density at radius 3 is 2.46 bits per heavy atom. The molecule has 10 heteroatoms. The van der Waals surface area contributed by atoms with Gasteiger partial charge in [0.2, 0.25) is 0 Å². The molecule has 1 aromatic heterocycles. The fourth-order valence-electron chi connectivity index (χ4n) is 4.06. The number of hydrogen-bond acceptors (Lipinski definition) is 6. The molecule has 0 saturated carbocycles. The van der Waals surface area contributed by atoms with Crippen LogP contribution in [0.25, 0.3) is 11.1 Å². The first-order valence-corrected chi connectivity index (χ1v) is 12.0. The molecule has 2 N–H and O–H groups in total. The summed E-state index contributed by atoms with van der Waals surface area (Å²) in [6.07, 6.45) is -1.76. The van der Waals surface area contributed by atoms with Crippen LogP contribution < -0.4 is 15.4 Å². The SMILES string of the molecule is O=C1COc2cc(-c3ccc(SN4CCC(Nc5ccc(C(F)(F)F)cn5)CC4)cc3)ccc2N1. The number of alkyl halides is 3. The molecule has 2 aliphatic heterocycles. The zero-order valence-corrected chi connectivity index (χ0v) is 19.5. The van der Waals surface area contributed by atoms with Crippen LogP contribution in [0.1, 0.15) is 18.4 Å². The number of pyridine rings is 1. The van der Waals surface area contributed by atoms with Crippen molar-refractivity contribution in [1.29, 1.82) is 0 Å². The van der Waals surface area contributed by atoms with Gasteiger partial charge in [-0.1, -0.05) is 18.2 Å². The molecule has 2 aliphatic rings. The predicted molar refractivity (Wildman–Crippen MR) is 129 cm³/mol. The summed E-state index contributed by atoms with van der Waals surface area (Å²) in [6.45, 7) is 1.75. The maximum Gasteiger partial charge on any atom is 0.417 e. The Labute approximate surface area is 205 Å². The highest BCUT2D eigenvalue weighted by molar-refractivity contribution is 7.97. The van der Waals surface area contributed by atoms with Gasteiger partial charge in [-0.2, -0.15) is 13.2 Å². The number of rotatable bonds is 5. The van der Waals surface area contributed by atoms with Crippen LogP contribution in [0.2, 0.25) is 0 Å². The number of nitrogens with zero attached hydrogens (tertiary/aromatic N) is 2. The van der Waals surface area contributed by atoms with Crippen LogP contribution in [0.4, 0.5) is 24.7 Å². The molecule has 0 bridgehead atoms. The predicted octanol–water partition coefficient (Wildman–Crippen LogP) is 5.68. The van der Waals surface area contributed by atoms with Gasteiger partial charge in [0.1, 0.15) is 11.6 Å². The second kappa shape index (κ2) is 9.79. The number of ether oxygens (including phenoxy) is 1. The van der Waals surface area contributed by atoms with Crippen LogP contribution >= 0.6 is 11.9 Å². The van der Waals surface area contributed by atoms with Crippen molar-refractivity contribution < 1.29 is 22.7 Å². The zero-order valence-electron chi connectivity index (χ0n) is 18.6. The second-order valence-corrected chi connectivity index (χ2v) is 9.61. The van der Waals surface area contributed by atoms with Crippen LogP contribution in [0.3, 0.4) is 0 Å². The maximum atomic E-state index is 12.7. The van der Waals surface area contributed by atoms with Crippen molar-refractivity contribution >= 4 is 29.4 Å². The molecule has 1 amide bonds. The molecule has 0 unspecified atom stereocenters. The lowest BCUT2D eigenvalue weighted by molar-refractivity contribution is -0.137. The van der Waals surface area contributed by atoms with Crippen molar-refractivity contribution in [2.45, 2.75) is 30.0 Å². The molecule has 6 nitrogen and oxygen atoms in total. The molecule has 0 aliphatic carbocycles. The van der Waals surface area contributed by atoms with Crippen LogP contribution in [-0.4, -0.2) is 40.9 Å².